The maximum Gasteiger partial charge on any atom is 0.270 e. The first-order valence-corrected chi connectivity index (χ1v) is 29.3. The quantitative estimate of drug-likeness (QED) is 0.0408. The van der Waals surface area contributed by atoms with Gasteiger partial charge in [-0.1, -0.05) is 67.5 Å². The zero-order chi connectivity index (χ0) is 57.8. The number of aromatic nitrogens is 1. The largest absolute Gasteiger partial charge is 0.370 e. The van der Waals surface area contributed by atoms with Crippen molar-refractivity contribution in [2.75, 3.05) is 13.1 Å². The van der Waals surface area contributed by atoms with Gasteiger partial charge in [-0.05, 0) is 129 Å². The van der Waals surface area contributed by atoms with Crippen LogP contribution in [0.3, 0.4) is 0 Å². The zero-order valence-corrected chi connectivity index (χ0v) is 46.4. The molecule has 6 aliphatic rings. The summed E-state index contributed by atoms with van der Waals surface area (Å²) >= 11 is 0. The summed E-state index contributed by atoms with van der Waals surface area (Å²) in [4.78, 5) is 131. The van der Waals surface area contributed by atoms with E-state index in [4.69, 9.17) is 5.73 Å². The molecule has 6 atom stereocenters. The smallest absolute Gasteiger partial charge is 0.270 e. The van der Waals surface area contributed by atoms with Crippen LogP contribution >= 0.6 is 0 Å². The van der Waals surface area contributed by atoms with Crippen LogP contribution in [0.1, 0.15) is 177 Å². The summed E-state index contributed by atoms with van der Waals surface area (Å²) in [5.74, 6) is -0.707. The molecule has 10 rings (SSSR count). The van der Waals surface area contributed by atoms with Crippen molar-refractivity contribution in [1.82, 2.24) is 35.6 Å². The molecule has 6 N–H and O–H groups in total. The molecule has 8 amide bonds. The number of carbonyl (C=O) groups is 9. The number of amides is 8. The number of nitrogens with one attached hydrogen (secondary N) is 4. The van der Waals surface area contributed by atoms with Crippen LogP contribution in [-0.2, 0) is 52.4 Å². The average molecular weight is 1120 g/mol. The Morgan fingerprint density at radius 2 is 1.65 bits per heavy atom. The van der Waals surface area contributed by atoms with Crippen LogP contribution in [0, 0.1) is 29.6 Å². The summed E-state index contributed by atoms with van der Waals surface area (Å²) in [7, 11) is 0. The van der Waals surface area contributed by atoms with Crippen LogP contribution in [0.15, 0.2) is 66.7 Å². The second kappa shape index (κ2) is 24.8. The summed E-state index contributed by atoms with van der Waals surface area (Å²) in [6.07, 6.45) is 10.0. The number of ketones is 1. The Morgan fingerprint density at radius 3 is 2.40 bits per heavy atom. The second-order valence-electron chi connectivity index (χ2n) is 23.4. The zero-order valence-electron chi connectivity index (χ0n) is 46.4. The molecular weight excluding hydrogens is 1050 g/mol. The Balaban J connectivity index is 0.778. The van der Waals surface area contributed by atoms with Crippen molar-refractivity contribution in [2.45, 2.75) is 172 Å². The van der Waals surface area contributed by atoms with E-state index in [1.807, 2.05) is 35.2 Å². The lowest BCUT2D eigenvalue weighted by Crippen LogP contribution is -2.59. The van der Waals surface area contributed by atoms with E-state index in [-0.39, 0.29) is 92.2 Å². The van der Waals surface area contributed by atoms with Gasteiger partial charge in [0.25, 0.3) is 17.7 Å². The fourth-order valence-corrected chi connectivity index (χ4v) is 13.5. The monoisotopic (exact) mass is 1120 g/mol. The van der Waals surface area contributed by atoms with Crippen LogP contribution < -0.4 is 21.7 Å². The van der Waals surface area contributed by atoms with Gasteiger partial charge < -0.3 is 36.1 Å². The number of piperidine rings is 3. The number of imide groups is 1. The van der Waals surface area contributed by atoms with Gasteiger partial charge in [0.1, 0.15) is 23.8 Å². The van der Waals surface area contributed by atoms with Crippen LogP contribution in [-0.4, -0.2) is 110 Å². The number of Topliss-reactive ketones (excluding diaryl/α,β-unsaturated/α-hetero) is 1. The van der Waals surface area contributed by atoms with E-state index in [2.05, 4.69) is 32.8 Å². The van der Waals surface area contributed by atoms with Crippen LogP contribution in [0.4, 0.5) is 8.78 Å². The molecule has 432 valence electrons. The topological polar surface area (TPSA) is 241 Å². The van der Waals surface area contributed by atoms with Gasteiger partial charge in [-0.2, -0.15) is 0 Å². The lowest BCUT2D eigenvalue weighted by Gasteiger charge is -2.42. The molecule has 1 aromatic heterocycles. The van der Waals surface area contributed by atoms with Gasteiger partial charge >= 0.3 is 0 Å². The number of benzene rings is 3. The summed E-state index contributed by atoms with van der Waals surface area (Å²) in [6.45, 7) is 2.14. The number of unbranched alkanes of at least 4 members (excludes halogenated alkanes) is 1. The van der Waals surface area contributed by atoms with Gasteiger partial charge in [0, 0.05) is 92.2 Å². The first-order valence-electron chi connectivity index (χ1n) is 29.3. The number of nitrogens with zero attached hydrogens (tertiary/aromatic N) is 3. The van der Waals surface area contributed by atoms with Crippen molar-refractivity contribution < 1.29 is 51.9 Å². The number of carbonyl (C=O) groups excluding carboxylic acids is 9. The van der Waals surface area contributed by atoms with Gasteiger partial charge in [-0.3, -0.25) is 48.5 Å². The Kier molecular flexibility index (Phi) is 17.4. The summed E-state index contributed by atoms with van der Waals surface area (Å²) in [5, 5.41) is 8.56. The van der Waals surface area contributed by atoms with E-state index >= 15 is 0 Å². The van der Waals surface area contributed by atoms with Gasteiger partial charge in [0.2, 0.25) is 35.4 Å². The normalized spacial score (nSPS) is 22.2. The molecule has 6 heterocycles. The third kappa shape index (κ3) is 12.7. The minimum Gasteiger partial charge on any atom is -0.370 e. The van der Waals surface area contributed by atoms with Gasteiger partial charge in [-0.15, -0.1) is 0 Å². The fourth-order valence-electron chi connectivity index (χ4n) is 13.5. The maximum atomic E-state index is 14.9. The first-order chi connectivity index (χ1) is 39.4. The third-order valence-electron chi connectivity index (χ3n) is 18.0. The summed E-state index contributed by atoms with van der Waals surface area (Å²) < 4.78 is 28.4. The molecular formula is C63H72F2N8O9. The highest BCUT2D eigenvalue weighted by atomic mass is 19.3. The minimum atomic E-state index is -3.09. The first kappa shape index (κ1) is 57.5. The van der Waals surface area contributed by atoms with E-state index in [0.717, 1.165) is 87.0 Å². The minimum absolute atomic E-state index is 0.0394. The molecule has 1 unspecified atom stereocenters. The highest BCUT2D eigenvalue weighted by Gasteiger charge is 2.46. The number of hydrogen-bond acceptors (Lipinski definition) is 9. The predicted molar refractivity (Wildman–Crippen MR) is 299 cm³/mol. The van der Waals surface area contributed by atoms with Gasteiger partial charge in [-0.25, -0.2) is 8.78 Å². The Hall–Kier alpha value is -7.75. The number of hydrogen-bond donors (Lipinski definition) is 5. The van der Waals surface area contributed by atoms with Gasteiger partial charge in [0.05, 0.1) is 12.1 Å². The molecule has 0 radical (unpaired) electrons. The lowest BCUT2D eigenvalue weighted by atomic mass is 9.76. The molecule has 82 heavy (non-hydrogen) atoms. The number of nitrogens with two attached hydrogens (primary N) is 1. The molecule has 19 heteroatoms. The molecule has 5 aliphatic heterocycles. The lowest BCUT2D eigenvalue weighted by molar-refractivity contribution is -0.148. The Labute approximate surface area is 475 Å². The number of fused-ring (bicyclic) bond motifs is 5. The van der Waals surface area contributed by atoms with Crippen LogP contribution in [0.25, 0.3) is 10.9 Å². The molecule has 0 bridgehead atoms. The molecule has 3 aromatic carbocycles. The SMILES string of the molecule is CC(F)(F)c1ccc2[nH]c(C(=O)N[C@H]3Cc4ccccc4[C@H]4CCC[C@@H](C(=O)N[C@@H](CCC(N)=O)C(=O)C[C@H](C(=O)N5CCC(CCCC#Cc6cccc7c6CN(C6CCC(=O)NC6=O)C7=O)CC5)C5CCCCC5)N4C3=O)cc2c1. The van der Waals surface area contributed by atoms with Crippen molar-refractivity contribution in [1.29, 1.82) is 0 Å². The average Bonchev–Trinajstić information content (AvgIpc) is 4.21. The van der Waals surface area contributed by atoms with E-state index in [0.29, 0.717) is 54.7 Å². The van der Waals surface area contributed by atoms with Crippen molar-refractivity contribution >= 4 is 63.9 Å². The third-order valence-corrected chi connectivity index (χ3v) is 18.0. The Morgan fingerprint density at radius 1 is 0.866 bits per heavy atom. The predicted octanol–water partition coefficient (Wildman–Crippen LogP) is 7.18. The fraction of sp³-hybridized carbons (Fsp3) is 0.508. The number of alkyl halides is 2. The van der Waals surface area contributed by atoms with Crippen molar-refractivity contribution in [3.63, 3.8) is 0 Å². The number of aromatic amines is 1. The van der Waals surface area contributed by atoms with Crippen LogP contribution in [0.5, 0.6) is 0 Å². The van der Waals surface area contributed by atoms with E-state index < -0.39 is 71.6 Å². The number of primary amides is 1. The van der Waals surface area contributed by atoms with E-state index in [1.54, 1.807) is 12.1 Å². The van der Waals surface area contributed by atoms with E-state index in [1.165, 1.54) is 34.1 Å². The maximum absolute atomic E-state index is 14.9. The summed E-state index contributed by atoms with van der Waals surface area (Å²) in [5.41, 5.74) is 9.67. The number of likely N-dealkylation sites (tertiary alicyclic amines) is 1. The summed E-state index contributed by atoms with van der Waals surface area (Å²) in [6, 6.07) is 13.9. The standard InChI is InChI=1S/C63H72F2N8O9/c1-63(64,65)42-22-23-47-41(32-42)34-49(67-47)57(77)69-50-33-40-16-8-9-18-43(40)51-20-11-21-53(73(51)62(50)82)59(79)68-48(24-26-55(66)75)54(74)35-45(38-13-6-3-7-14-38)60(80)71-30-28-37(29-31-71)12-4-2-5-15-39-17-10-19-44-46(39)36-72(61(44)81)52-25-27-56(76)70-58(52)78/h8-10,16-19,22-23,32,34,37-38,45,48,50-53,67H,2-4,6-7,11-14,20-21,24-31,33,35-36H2,1H3,(H2,66,75)(H,68,79)(H,69,77)(H,70,76,78)/t45-,48-,50-,51+,52?,53-/m0/s1. The number of halogens is 2. The van der Waals surface area contributed by atoms with Crippen LogP contribution in [0.2, 0.25) is 0 Å². The number of H-pyrrole nitrogens is 1. The highest BCUT2D eigenvalue weighted by molar-refractivity contribution is 6.06. The van der Waals surface area contributed by atoms with E-state index in [9.17, 15) is 51.9 Å². The molecule has 3 saturated heterocycles. The van der Waals surface area contributed by atoms with Gasteiger partial charge in [0.15, 0.2) is 5.78 Å². The highest BCUT2D eigenvalue weighted by Crippen LogP contribution is 2.41. The number of rotatable bonds is 17. The van der Waals surface area contributed by atoms with Crippen molar-refractivity contribution in [3.05, 3.63) is 106 Å². The second-order valence-corrected chi connectivity index (χ2v) is 23.4. The molecule has 17 nitrogen and oxygen atoms in total. The molecule has 0 spiro atoms. The van der Waals surface area contributed by atoms with Crippen molar-refractivity contribution in [2.24, 2.45) is 23.5 Å². The van der Waals surface area contributed by atoms with Crippen molar-refractivity contribution in [3.8, 4) is 11.8 Å². The Bertz CT molecular complexity index is 3240. The molecule has 1 aliphatic carbocycles. The molecule has 4 fully saturated rings. The molecule has 4 aromatic rings. The molecule has 1 saturated carbocycles.